The second kappa shape index (κ2) is 4.64. The molecule has 3 nitrogen and oxygen atoms in total. The Morgan fingerprint density at radius 3 is 2.87 bits per heavy atom. The average Bonchev–Trinajstić information content (AvgIpc) is 2.77. The van der Waals surface area contributed by atoms with Crippen LogP contribution < -0.4 is 4.74 Å². The van der Waals surface area contributed by atoms with E-state index in [1.807, 2.05) is 24.3 Å². The Kier molecular flexibility index (Phi) is 3.23. The molecule has 82 valence electrons. The predicted molar refractivity (Wildman–Crippen MR) is 56.9 cm³/mol. The van der Waals surface area contributed by atoms with Crippen LogP contribution in [0.25, 0.3) is 0 Å². The molecule has 1 aliphatic heterocycles. The summed E-state index contributed by atoms with van der Waals surface area (Å²) in [5, 5.41) is 0. The smallest absolute Gasteiger partial charge is 0.187 e. The van der Waals surface area contributed by atoms with Crippen molar-refractivity contribution >= 4 is 0 Å². The van der Waals surface area contributed by atoms with E-state index in [9.17, 15) is 0 Å². The maximum Gasteiger partial charge on any atom is 0.187 e. The molecule has 1 saturated heterocycles. The Balaban J connectivity index is 2.16. The van der Waals surface area contributed by atoms with Gasteiger partial charge in [0.05, 0.1) is 19.8 Å². The molecule has 0 spiro atoms. The van der Waals surface area contributed by atoms with E-state index < -0.39 is 0 Å². The van der Waals surface area contributed by atoms with Crippen LogP contribution in [0.2, 0.25) is 0 Å². The third-order valence-corrected chi connectivity index (χ3v) is 2.60. The SMILES string of the molecule is CCC1COC(c2ccccc2OC)O1. The fraction of sp³-hybridized carbons (Fsp3) is 0.500. The normalized spacial score (nSPS) is 25.5. The largest absolute Gasteiger partial charge is 0.496 e. The Hall–Kier alpha value is -1.06. The van der Waals surface area contributed by atoms with Crippen LogP contribution in [0.3, 0.4) is 0 Å². The van der Waals surface area contributed by atoms with E-state index in [1.165, 1.54) is 0 Å². The highest BCUT2D eigenvalue weighted by Crippen LogP contribution is 2.33. The molecular formula is C12H16O3. The topological polar surface area (TPSA) is 27.7 Å². The summed E-state index contributed by atoms with van der Waals surface area (Å²) in [6.07, 6.45) is 0.914. The summed E-state index contributed by atoms with van der Waals surface area (Å²) in [7, 11) is 1.66. The number of para-hydroxylation sites is 1. The highest BCUT2D eigenvalue weighted by atomic mass is 16.7. The van der Waals surface area contributed by atoms with Gasteiger partial charge in [-0.05, 0) is 12.5 Å². The number of ether oxygens (including phenoxy) is 3. The van der Waals surface area contributed by atoms with Gasteiger partial charge in [0.1, 0.15) is 5.75 Å². The van der Waals surface area contributed by atoms with E-state index in [0.717, 1.165) is 17.7 Å². The standard InChI is InChI=1S/C12H16O3/c1-3-9-8-14-12(15-9)10-6-4-5-7-11(10)13-2/h4-7,9,12H,3,8H2,1-2H3. The minimum absolute atomic E-state index is 0.208. The van der Waals surface area contributed by atoms with Crippen molar-refractivity contribution in [3.05, 3.63) is 29.8 Å². The highest BCUT2D eigenvalue weighted by Gasteiger charge is 2.27. The van der Waals surface area contributed by atoms with E-state index in [4.69, 9.17) is 14.2 Å². The number of hydrogen-bond donors (Lipinski definition) is 0. The van der Waals surface area contributed by atoms with Crippen LogP contribution in [0.15, 0.2) is 24.3 Å². The van der Waals surface area contributed by atoms with Gasteiger partial charge in [-0.25, -0.2) is 0 Å². The molecule has 2 rings (SSSR count). The van der Waals surface area contributed by atoms with Gasteiger partial charge in [-0.3, -0.25) is 0 Å². The molecule has 0 aliphatic carbocycles. The lowest BCUT2D eigenvalue weighted by Gasteiger charge is -2.14. The van der Waals surface area contributed by atoms with Crippen molar-refractivity contribution < 1.29 is 14.2 Å². The summed E-state index contributed by atoms with van der Waals surface area (Å²) in [6.45, 7) is 2.76. The number of hydrogen-bond acceptors (Lipinski definition) is 3. The van der Waals surface area contributed by atoms with Crippen LogP contribution in [0.4, 0.5) is 0 Å². The van der Waals surface area contributed by atoms with Crippen LogP contribution in [0.5, 0.6) is 5.75 Å². The van der Waals surface area contributed by atoms with Gasteiger partial charge in [0.25, 0.3) is 0 Å². The van der Waals surface area contributed by atoms with E-state index in [-0.39, 0.29) is 12.4 Å². The first kappa shape index (κ1) is 10.5. The fourth-order valence-corrected chi connectivity index (χ4v) is 1.69. The molecule has 15 heavy (non-hydrogen) atoms. The van der Waals surface area contributed by atoms with Crippen LogP contribution in [-0.4, -0.2) is 19.8 Å². The van der Waals surface area contributed by atoms with Gasteiger partial charge >= 0.3 is 0 Å². The summed E-state index contributed by atoms with van der Waals surface area (Å²) in [5.41, 5.74) is 0.968. The second-order valence-corrected chi connectivity index (χ2v) is 3.57. The molecule has 0 N–H and O–H groups in total. The summed E-state index contributed by atoms with van der Waals surface area (Å²) in [4.78, 5) is 0. The summed E-state index contributed by atoms with van der Waals surface area (Å²) in [6, 6.07) is 7.79. The Morgan fingerprint density at radius 1 is 1.40 bits per heavy atom. The molecule has 2 atom stereocenters. The molecule has 1 heterocycles. The zero-order chi connectivity index (χ0) is 10.7. The first-order valence-electron chi connectivity index (χ1n) is 5.25. The summed E-state index contributed by atoms with van der Waals surface area (Å²) < 4.78 is 16.6. The van der Waals surface area contributed by atoms with Gasteiger partial charge in [-0.1, -0.05) is 25.1 Å². The van der Waals surface area contributed by atoms with Crippen molar-refractivity contribution in [2.75, 3.05) is 13.7 Å². The van der Waals surface area contributed by atoms with Crippen LogP contribution in [0.1, 0.15) is 25.2 Å². The van der Waals surface area contributed by atoms with Gasteiger partial charge < -0.3 is 14.2 Å². The number of methoxy groups -OCH3 is 1. The molecule has 2 unspecified atom stereocenters. The van der Waals surface area contributed by atoms with E-state index in [1.54, 1.807) is 7.11 Å². The molecule has 1 aliphatic rings. The van der Waals surface area contributed by atoms with Gasteiger partial charge in [0.15, 0.2) is 6.29 Å². The van der Waals surface area contributed by atoms with E-state index in [0.29, 0.717) is 6.61 Å². The lowest BCUT2D eigenvalue weighted by atomic mass is 10.2. The van der Waals surface area contributed by atoms with Crippen molar-refractivity contribution in [1.82, 2.24) is 0 Å². The molecule has 0 saturated carbocycles. The maximum absolute atomic E-state index is 5.74. The van der Waals surface area contributed by atoms with E-state index >= 15 is 0 Å². The molecule has 0 aromatic heterocycles. The van der Waals surface area contributed by atoms with Crippen molar-refractivity contribution in [1.29, 1.82) is 0 Å². The van der Waals surface area contributed by atoms with Crippen LogP contribution in [-0.2, 0) is 9.47 Å². The van der Waals surface area contributed by atoms with Crippen molar-refractivity contribution in [3.8, 4) is 5.75 Å². The quantitative estimate of drug-likeness (QED) is 0.764. The van der Waals surface area contributed by atoms with E-state index in [2.05, 4.69) is 6.92 Å². The van der Waals surface area contributed by atoms with Crippen LogP contribution in [0, 0.1) is 0 Å². The van der Waals surface area contributed by atoms with Crippen molar-refractivity contribution in [2.45, 2.75) is 25.7 Å². The lowest BCUT2D eigenvalue weighted by molar-refractivity contribution is -0.0616. The molecule has 3 heteroatoms. The van der Waals surface area contributed by atoms with Crippen molar-refractivity contribution in [2.24, 2.45) is 0 Å². The zero-order valence-corrected chi connectivity index (χ0v) is 9.10. The first-order valence-corrected chi connectivity index (χ1v) is 5.25. The minimum Gasteiger partial charge on any atom is -0.496 e. The molecule has 0 bridgehead atoms. The summed E-state index contributed by atoms with van der Waals surface area (Å²) in [5.74, 6) is 0.819. The predicted octanol–water partition coefficient (Wildman–Crippen LogP) is 2.52. The Labute approximate surface area is 90.0 Å². The third kappa shape index (κ3) is 2.13. The van der Waals surface area contributed by atoms with Gasteiger partial charge in [-0.2, -0.15) is 0 Å². The number of rotatable bonds is 3. The minimum atomic E-state index is -0.272. The maximum atomic E-state index is 5.74. The monoisotopic (exact) mass is 208 g/mol. The van der Waals surface area contributed by atoms with Gasteiger partial charge in [-0.15, -0.1) is 0 Å². The fourth-order valence-electron chi connectivity index (χ4n) is 1.69. The molecule has 1 aromatic rings. The third-order valence-electron chi connectivity index (χ3n) is 2.60. The molecule has 0 amide bonds. The zero-order valence-electron chi connectivity index (χ0n) is 9.10. The lowest BCUT2D eigenvalue weighted by Crippen LogP contribution is -2.07. The first-order chi connectivity index (χ1) is 7.35. The summed E-state index contributed by atoms with van der Waals surface area (Å²) >= 11 is 0. The molecule has 1 fully saturated rings. The second-order valence-electron chi connectivity index (χ2n) is 3.57. The molecule has 1 aromatic carbocycles. The van der Waals surface area contributed by atoms with Gasteiger partial charge in [0.2, 0.25) is 0 Å². The van der Waals surface area contributed by atoms with Crippen LogP contribution >= 0.6 is 0 Å². The Bertz CT molecular complexity index is 324. The molecular weight excluding hydrogens is 192 g/mol. The van der Waals surface area contributed by atoms with Gasteiger partial charge in [0, 0.05) is 5.56 Å². The number of benzene rings is 1. The van der Waals surface area contributed by atoms with Crippen molar-refractivity contribution in [3.63, 3.8) is 0 Å². The Morgan fingerprint density at radius 2 is 2.20 bits per heavy atom. The average molecular weight is 208 g/mol. The molecule has 0 radical (unpaired) electrons. The highest BCUT2D eigenvalue weighted by molar-refractivity contribution is 5.34.